The maximum atomic E-state index is 11.9. The van der Waals surface area contributed by atoms with Gasteiger partial charge in [0, 0.05) is 25.4 Å². The Bertz CT molecular complexity index is 589. The van der Waals surface area contributed by atoms with Crippen LogP contribution in [0, 0.1) is 5.92 Å². The van der Waals surface area contributed by atoms with Crippen LogP contribution in [0.5, 0.6) is 5.75 Å². The van der Waals surface area contributed by atoms with Gasteiger partial charge in [-0.05, 0) is 37.5 Å². The van der Waals surface area contributed by atoms with Gasteiger partial charge in [-0.25, -0.2) is 4.79 Å². The first kappa shape index (κ1) is 18.1. The molecular weight excluding hydrogens is 310 g/mol. The van der Waals surface area contributed by atoms with Crippen molar-refractivity contribution in [3.63, 3.8) is 0 Å². The number of fused-ring (bicyclic) bond motifs is 1. The second-order valence-corrected chi connectivity index (χ2v) is 6.16. The lowest BCUT2D eigenvalue weighted by atomic mass is 10.2. The summed E-state index contributed by atoms with van der Waals surface area (Å²) in [6, 6.07) is 4.83. The number of urea groups is 1. The topological polar surface area (TPSA) is 88.7 Å². The van der Waals surface area contributed by atoms with Gasteiger partial charge in [0.25, 0.3) is 5.91 Å². The van der Waals surface area contributed by atoms with E-state index < -0.39 is 6.10 Å². The van der Waals surface area contributed by atoms with E-state index in [2.05, 4.69) is 29.8 Å². The minimum Gasteiger partial charge on any atom is -0.479 e. The van der Waals surface area contributed by atoms with Gasteiger partial charge in [-0.1, -0.05) is 13.8 Å². The fourth-order valence-electron chi connectivity index (χ4n) is 2.16. The summed E-state index contributed by atoms with van der Waals surface area (Å²) in [5, 5.41) is 8.24. The summed E-state index contributed by atoms with van der Waals surface area (Å²) in [7, 11) is 0. The van der Waals surface area contributed by atoms with Crippen LogP contribution in [0.1, 0.15) is 27.2 Å². The second-order valence-electron chi connectivity index (χ2n) is 6.16. The van der Waals surface area contributed by atoms with Crippen molar-refractivity contribution in [1.29, 1.82) is 0 Å². The molecule has 0 saturated carbocycles. The van der Waals surface area contributed by atoms with Gasteiger partial charge in [0.2, 0.25) is 0 Å². The number of ether oxygens (including phenoxy) is 2. The first-order chi connectivity index (χ1) is 11.5. The number of carbonyl (C=O) groups is 2. The van der Waals surface area contributed by atoms with E-state index in [0.29, 0.717) is 36.2 Å². The minimum absolute atomic E-state index is 0.203. The Hall–Kier alpha value is -2.28. The Kier molecular flexibility index (Phi) is 6.43. The minimum atomic E-state index is -0.516. The van der Waals surface area contributed by atoms with Crippen LogP contribution in [0.2, 0.25) is 0 Å². The van der Waals surface area contributed by atoms with Crippen molar-refractivity contribution in [3.8, 4) is 5.75 Å². The third kappa shape index (κ3) is 5.42. The summed E-state index contributed by atoms with van der Waals surface area (Å²) in [4.78, 5) is 23.5. The van der Waals surface area contributed by atoms with Crippen LogP contribution in [0.25, 0.3) is 0 Å². The molecule has 0 aromatic heterocycles. The highest BCUT2D eigenvalue weighted by molar-refractivity contribution is 5.99. The predicted molar refractivity (Wildman–Crippen MR) is 92.5 cm³/mol. The highest BCUT2D eigenvalue weighted by Gasteiger charge is 2.23. The molecule has 0 fully saturated rings. The largest absolute Gasteiger partial charge is 0.479 e. The smallest absolute Gasteiger partial charge is 0.319 e. The molecule has 132 valence electrons. The summed E-state index contributed by atoms with van der Waals surface area (Å²) >= 11 is 0. The standard InChI is InChI=1S/C17H25N3O4/c1-11(2)10-23-8-4-7-18-17(22)19-13-5-6-15-14(9-13)20-16(21)12(3)24-15/h5-6,9,11-12H,4,7-8,10H2,1-3H3,(H,20,21)(H2,18,19,22)/t12-/m0/s1. The zero-order chi connectivity index (χ0) is 17.5. The maximum absolute atomic E-state index is 11.9. The van der Waals surface area contributed by atoms with E-state index in [1.165, 1.54) is 0 Å². The SMILES string of the molecule is CC(C)COCCCNC(=O)Nc1ccc2c(c1)NC(=O)[C@H](C)O2. The van der Waals surface area contributed by atoms with Gasteiger partial charge in [0.05, 0.1) is 5.69 Å². The zero-order valence-corrected chi connectivity index (χ0v) is 14.3. The molecule has 7 heteroatoms. The lowest BCUT2D eigenvalue weighted by molar-refractivity contribution is -0.122. The van der Waals surface area contributed by atoms with Gasteiger partial charge < -0.3 is 25.4 Å². The van der Waals surface area contributed by atoms with E-state index in [4.69, 9.17) is 9.47 Å². The van der Waals surface area contributed by atoms with Crippen molar-refractivity contribution in [1.82, 2.24) is 5.32 Å². The fraction of sp³-hybridized carbons (Fsp3) is 0.529. The Morgan fingerprint density at radius 2 is 2.21 bits per heavy atom. The second kappa shape index (κ2) is 8.54. The Labute approximate surface area is 142 Å². The van der Waals surface area contributed by atoms with Crippen molar-refractivity contribution in [2.45, 2.75) is 33.3 Å². The van der Waals surface area contributed by atoms with Crippen molar-refractivity contribution >= 4 is 23.3 Å². The zero-order valence-electron chi connectivity index (χ0n) is 14.3. The summed E-state index contributed by atoms with van der Waals surface area (Å²) in [6.45, 7) is 7.76. The number of anilines is 2. The van der Waals surface area contributed by atoms with E-state index in [1.54, 1.807) is 25.1 Å². The normalized spacial score (nSPS) is 16.2. The Balaban J connectivity index is 1.74. The van der Waals surface area contributed by atoms with E-state index >= 15 is 0 Å². The van der Waals surface area contributed by atoms with Crippen LogP contribution in [0.15, 0.2) is 18.2 Å². The number of hydrogen-bond donors (Lipinski definition) is 3. The first-order valence-corrected chi connectivity index (χ1v) is 8.20. The highest BCUT2D eigenvalue weighted by Crippen LogP contribution is 2.32. The number of benzene rings is 1. The van der Waals surface area contributed by atoms with Crippen LogP contribution in [-0.2, 0) is 9.53 Å². The molecule has 3 amide bonds. The first-order valence-electron chi connectivity index (χ1n) is 8.20. The molecule has 24 heavy (non-hydrogen) atoms. The summed E-state index contributed by atoms with van der Waals surface area (Å²) in [5.41, 5.74) is 1.14. The van der Waals surface area contributed by atoms with Crippen LogP contribution in [-0.4, -0.2) is 37.8 Å². The molecule has 1 aromatic rings. The monoisotopic (exact) mass is 335 g/mol. The van der Waals surface area contributed by atoms with E-state index in [9.17, 15) is 9.59 Å². The van der Waals surface area contributed by atoms with Gasteiger partial charge in [-0.2, -0.15) is 0 Å². The number of carbonyl (C=O) groups excluding carboxylic acids is 2. The molecule has 3 N–H and O–H groups in total. The molecule has 0 saturated heterocycles. The number of amides is 3. The Morgan fingerprint density at radius 1 is 1.42 bits per heavy atom. The van der Waals surface area contributed by atoms with Gasteiger partial charge in [0.15, 0.2) is 6.10 Å². The summed E-state index contributed by atoms with van der Waals surface area (Å²) < 4.78 is 10.9. The molecule has 1 atom stereocenters. The number of nitrogens with one attached hydrogen (secondary N) is 3. The molecule has 7 nitrogen and oxygen atoms in total. The van der Waals surface area contributed by atoms with Crippen LogP contribution in [0.3, 0.4) is 0 Å². The third-order valence-corrected chi connectivity index (χ3v) is 3.37. The maximum Gasteiger partial charge on any atom is 0.319 e. The van der Waals surface area contributed by atoms with Gasteiger partial charge in [0.1, 0.15) is 5.75 Å². The van der Waals surface area contributed by atoms with Gasteiger partial charge >= 0.3 is 6.03 Å². The van der Waals surface area contributed by atoms with Crippen molar-refractivity contribution in [2.24, 2.45) is 5.92 Å². The molecule has 1 aliphatic rings. The number of rotatable bonds is 7. The molecule has 2 rings (SSSR count). The molecule has 0 bridgehead atoms. The molecule has 1 aromatic carbocycles. The van der Waals surface area contributed by atoms with Crippen LogP contribution in [0.4, 0.5) is 16.2 Å². The summed E-state index contributed by atoms with van der Waals surface area (Å²) in [6.07, 6.45) is 0.240. The quantitative estimate of drug-likeness (QED) is 0.668. The van der Waals surface area contributed by atoms with Gasteiger partial charge in [-0.15, -0.1) is 0 Å². The van der Waals surface area contributed by atoms with Gasteiger partial charge in [-0.3, -0.25) is 4.79 Å². The van der Waals surface area contributed by atoms with E-state index in [0.717, 1.165) is 13.0 Å². The van der Waals surface area contributed by atoms with Crippen molar-refractivity contribution in [2.75, 3.05) is 30.4 Å². The molecular formula is C17H25N3O4. The fourth-order valence-corrected chi connectivity index (χ4v) is 2.16. The molecule has 1 aliphatic heterocycles. The molecule has 1 heterocycles. The van der Waals surface area contributed by atoms with Crippen molar-refractivity contribution < 1.29 is 19.1 Å². The lowest BCUT2D eigenvalue weighted by Gasteiger charge is -2.23. The average Bonchev–Trinajstić information content (AvgIpc) is 2.52. The van der Waals surface area contributed by atoms with E-state index in [1.807, 2.05) is 0 Å². The molecule has 0 spiro atoms. The van der Waals surface area contributed by atoms with Crippen molar-refractivity contribution in [3.05, 3.63) is 18.2 Å². The highest BCUT2D eigenvalue weighted by atomic mass is 16.5. The Morgan fingerprint density at radius 3 is 2.96 bits per heavy atom. The summed E-state index contributed by atoms with van der Waals surface area (Å²) in [5.74, 6) is 0.901. The molecule has 0 unspecified atom stereocenters. The van der Waals surface area contributed by atoms with Crippen LogP contribution >= 0.6 is 0 Å². The van der Waals surface area contributed by atoms with E-state index in [-0.39, 0.29) is 11.9 Å². The lowest BCUT2D eigenvalue weighted by Crippen LogP contribution is -2.34. The number of hydrogen-bond acceptors (Lipinski definition) is 4. The predicted octanol–water partition coefficient (Wildman–Crippen LogP) is 2.59. The van der Waals surface area contributed by atoms with Crippen LogP contribution < -0.4 is 20.7 Å². The molecule has 0 radical (unpaired) electrons. The third-order valence-electron chi connectivity index (χ3n) is 3.37. The average molecular weight is 335 g/mol. The molecule has 0 aliphatic carbocycles.